The van der Waals surface area contributed by atoms with Crippen LogP contribution in [-0.2, 0) is 31.6 Å². The lowest BCUT2D eigenvalue weighted by Crippen LogP contribution is -2.24. The number of anilines is 1. The van der Waals surface area contributed by atoms with Crippen molar-refractivity contribution in [3.8, 4) is 0 Å². The number of imidazole rings is 1. The van der Waals surface area contributed by atoms with Crippen LogP contribution in [0.5, 0.6) is 0 Å². The molecule has 0 aliphatic carbocycles. The Balaban J connectivity index is 1.72. The molecule has 0 bridgehead atoms. The van der Waals surface area contributed by atoms with Gasteiger partial charge in [-0.15, -0.1) is 0 Å². The summed E-state index contributed by atoms with van der Waals surface area (Å²) < 4.78 is 52.9. The molecule has 1 aliphatic rings. The smallest absolute Gasteiger partial charge is 0.382 e. The number of hydrogen-bond donors (Lipinski definition) is 5. The topological polar surface area (TPSA) is 287 Å². The maximum atomic E-state index is 11.9. The summed E-state index contributed by atoms with van der Waals surface area (Å²) in [5, 5.41) is 3.53. The second-order valence-corrected chi connectivity index (χ2v) is 10.5. The molecule has 0 saturated carbocycles. The van der Waals surface area contributed by atoms with E-state index in [9.17, 15) is 23.5 Å². The Morgan fingerprint density at radius 3 is 2.59 bits per heavy atom. The first-order valence-corrected chi connectivity index (χ1v) is 12.7. The van der Waals surface area contributed by atoms with Crippen molar-refractivity contribution in [2.24, 2.45) is 5.11 Å². The summed E-state index contributed by atoms with van der Waals surface area (Å²) in [4.78, 5) is 50.4. The molecule has 0 spiro atoms. The van der Waals surface area contributed by atoms with Gasteiger partial charge in [-0.25, -0.2) is 28.6 Å². The van der Waals surface area contributed by atoms with E-state index in [2.05, 4.69) is 38.1 Å². The number of ether oxygens (including phenoxy) is 1. The Morgan fingerprint density at radius 1 is 1.22 bits per heavy atom. The minimum absolute atomic E-state index is 0.0594. The highest BCUT2D eigenvalue weighted by Gasteiger charge is 2.43. The van der Waals surface area contributed by atoms with Crippen molar-refractivity contribution in [1.82, 2.24) is 19.5 Å². The summed E-state index contributed by atoms with van der Waals surface area (Å²) in [5.74, 6) is 0.113. The first-order valence-electron chi connectivity index (χ1n) is 8.21. The molecule has 3 heterocycles. The van der Waals surface area contributed by atoms with E-state index in [1.165, 1.54) is 17.2 Å². The fraction of sp³-hybridized carbons (Fsp3) is 0.500. The zero-order valence-electron chi connectivity index (χ0n) is 15.5. The maximum Gasteiger partial charge on any atom is 0.490 e. The minimum atomic E-state index is -5.67. The van der Waals surface area contributed by atoms with E-state index in [4.69, 9.17) is 25.8 Å². The fourth-order valence-electron chi connectivity index (χ4n) is 2.78. The number of nitrogen functional groups attached to an aromatic ring is 1. The van der Waals surface area contributed by atoms with Crippen LogP contribution in [0.15, 0.2) is 17.8 Å². The van der Waals surface area contributed by atoms with Crippen LogP contribution in [-0.4, -0.2) is 57.8 Å². The van der Waals surface area contributed by atoms with Crippen LogP contribution in [0.1, 0.15) is 12.6 Å². The zero-order valence-corrected chi connectivity index (χ0v) is 18.2. The van der Waals surface area contributed by atoms with Crippen molar-refractivity contribution in [3.63, 3.8) is 0 Å². The molecule has 0 aromatic carbocycles. The van der Waals surface area contributed by atoms with Crippen LogP contribution < -0.4 is 5.73 Å². The predicted molar refractivity (Wildman–Crippen MR) is 101 cm³/mol. The van der Waals surface area contributed by atoms with E-state index < -0.39 is 48.4 Å². The second-order valence-electron chi connectivity index (χ2n) is 6.11. The van der Waals surface area contributed by atoms with Gasteiger partial charge < -0.3 is 30.0 Å². The molecule has 2 unspecified atom stereocenters. The van der Waals surface area contributed by atoms with E-state index in [1.807, 2.05) is 0 Å². The molecule has 2 aromatic heterocycles. The van der Waals surface area contributed by atoms with Crippen LogP contribution in [0, 0.1) is 0 Å². The first kappa shape index (κ1) is 24.7. The molecule has 22 heteroatoms. The highest BCUT2D eigenvalue weighted by atomic mass is 31.3. The van der Waals surface area contributed by atoms with Crippen molar-refractivity contribution < 1.29 is 51.2 Å². The third-order valence-electron chi connectivity index (χ3n) is 3.92. The quantitative estimate of drug-likeness (QED) is 0.133. The largest absolute Gasteiger partial charge is 0.490 e. The number of aromatic nitrogens is 4. The molecule has 19 nitrogen and oxygen atoms in total. The molecule has 176 valence electrons. The zero-order chi connectivity index (χ0) is 23.7. The third kappa shape index (κ3) is 6.08. The van der Waals surface area contributed by atoms with E-state index in [0.717, 1.165) is 0 Å². The summed E-state index contributed by atoms with van der Waals surface area (Å²) in [6.45, 7) is -0.784. The summed E-state index contributed by atoms with van der Waals surface area (Å²) in [5.41, 5.74) is 15.1. The lowest BCUT2D eigenvalue weighted by molar-refractivity contribution is -0.0230. The predicted octanol–water partition coefficient (Wildman–Crippen LogP) is 0.718. The summed E-state index contributed by atoms with van der Waals surface area (Å²) >= 11 is 0. The van der Waals surface area contributed by atoms with Crippen LogP contribution in [0.2, 0.25) is 0 Å². The number of phosphoric ester groups is 1. The molecule has 0 amide bonds. The number of azide groups is 1. The van der Waals surface area contributed by atoms with Gasteiger partial charge in [0, 0.05) is 11.3 Å². The van der Waals surface area contributed by atoms with Gasteiger partial charge in [0.15, 0.2) is 11.5 Å². The number of rotatable bonds is 9. The van der Waals surface area contributed by atoms with E-state index >= 15 is 0 Å². The number of hydrogen-bond acceptors (Lipinski definition) is 12. The molecule has 6 N–H and O–H groups in total. The average molecular weight is 516 g/mol. The second kappa shape index (κ2) is 9.11. The lowest BCUT2D eigenvalue weighted by atomic mass is 10.1. The highest BCUT2D eigenvalue weighted by Crippen LogP contribution is 2.66. The normalized spacial score (nSPS) is 25.2. The molecule has 0 radical (unpaired) electrons. The Labute approximate surface area is 177 Å². The summed E-state index contributed by atoms with van der Waals surface area (Å²) in [6, 6.07) is -0.922. The van der Waals surface area contributed by atoms with Gasteiger partial charge in [-0.3, -0.25) is 9.09 Å². The van der Waals surface area contributed by atoms with Crippen LogP contribution in [0.3, 0.4) is 0 Å². The molecule has 1 fully saturated rings. The van der Waals surface area contributed by atoms with Crippen molar-refractivity contribution in [2.45, 2.75) is 24.8 Å². The van der Waals surface area contributed by atoms with Crippen LogP contribution >= 0.6 is 23.5 Å². The molecule has 1 aliphatic heterocycles. The lowest BCUT2D eigenvalue weighted by Gasteiger charge is -2.19. The van der Waals surface area contributed by atoms with Gasteiger partial charge in [0.25, 0.3) is 0 Å². The molecular formula is C10H15N8O11P3. The van der Waals surface area contributed by atoms with Crippen molar-refractivity contribution in [1.29, 1.82) is 0 Å². The monoisotopic (exact) mass is 516 g/mol. The van der Waals surface area contributed by atoms with Crippen molar-refractivity contribution in [3.05, 3.63) is 23.1 Å². The Kier molecular flexibility index (Phi) is 7.02. The van der Waals surface area contributed by atoms with Gasteiger partial charge in [0.1, 0.15) is 18.1 Å². The molecule has 32 heavy (non-hydrogen) atoms. The van der Waals surface area contributed by atoms with Crippen LogP contribution in [0.4, 0.5) is 5.82 Å². The standard InChI is InChI=1S/C10H15N8O11P3/c11-9-8-10(14-3-13-9)18(4-15-8)7-1-5(16-17-12)6(27-7)2-26-31(22,23)29-32(24,25)28-30(19,20)21/h3-7H,1-2H2,(H,22,23)(H,24,25)(H2,11,13,14)(H2,19,20,21)/t5-,6+,7+/m0/s1. The molecular weight excluding hydrogens is 501 g/mol. The molecule has 1 saturated heterocycles. The Morgan fingerprint density at radius 2 is 1.94 bits per heavy atom. The third-order valence-corrected chi connectivity index (χ3v) is 7.72. The van der Waals surface area contributed by atoms with Gasteiger partial charge in [-0.2, -0.15) is 8.62 Å². The van der Waals surface area contributed by atoms with Crippen molar-refractivity contribution in [2.75, 3.05) is 12.3 Å². The van der Waals surface area contributed by atoms with Gasteiger partial charge in [0.2, 0.25) is 0 Å². The summed E-state index contributed by atoms with van der Waals surface area (Å²) in [6.07, 6.45) is 0.640. The van der Waals surface area contributed by atoms with Gasteiger partial charge >= 0.3 is 23.5 Å². The van der Waals surface area contributed by atoms with Gasteiger partial charge in [-0.05, 0) is 5.53 Å². The number of phosphoric acid groups is 3. The van der Waals surface area contributed by atoms with Gasteiger partial charge in [0.05, 0.1) is 25.1 Å². The number of nitrogens with two attached hydrogens (primary N) is 1. The molecule has 5 atom stereocenters. The SMILES string of the molecule is [N-]=[N+]=N[C@H]1C[C@H](n2cnc3c(N)ncnc32)O[C@@H]1COP(=O)(O)OP(=O)(O)OP(=O)(O)O. The van der Waals surface area contributed by atoms with Gasteiger partial charge in [-0.1, -0.05) is 5.11 Å². The molecule has 2 aromatic rings. The highest BCUT2D eigenvalue weighted by molar-refractivity contribution is 7.66. The van der Waals surface area contributed by atoms with Crippen LogP contribution in [0.25, 0.3) is 21.6 Å². The molecule has 3 rings (SSSR count). The van der Waals surface area contributed by atoms with Crippen molar-refractivity contribution >= 4 is 40.4 Å². The number of fused-ring (bicyclic) bond motifs is 1. The fourth-order valence-corrected chi connectivity index (χ4v) is 5.81. The average Bonchev–Trinajstić information content (AvgIpc) is 3.22. The van der Waals surface area contributed by atoms with E-state index in [-0.39, 0.29) is 17.8 Å². The summed E-state index contributed by atoms with van der Waals surface area (Å²) in [7, 11) is -16.6. The minimum Gasteiger partial charge on any atom is -0.382 e. The Bertz CT molecular complexity index is 1190. The van der Waals surface area contributed by atoms with E-state index in [0.29, 0.717) is 5.65 Å². The first-order chi connectivity index (χ1) is 14.8. The van der Waals surface area contributed by atoms with E-state index in [1.54, 1.807) is 0 Å². The Hall–Kier alpha value is -1.97. The maximum absolute atomic E-state index is 11.9. The number of nitrogens with zero attached hydrogens (tertiary/aromatic N) is 7.